The van der Waals surface area contributed by atoms with Gasteiger partial charge in [-0.3, -0.25) is 0 Å². The predicted octanol–water partition coefficient (Wildman–Crippen LogP) is 0.406. The van der Waals surface area contributed by atoms with Crippen LogP contribution in [0.4, 0.5) is 0 Å². The molecule has 7 heteroatoms. The minimum atomic E-state index is -1.08. The lowest BCUT2D eigenvalue weighted by Crippen LogP contribution is -2.43. The molecule has 0 bridgehead atoms. The molecule has 2 aromatic rings. The Balaban J connectivity index is 1.91. The van der Waals surface area contributed by atoms with Gasteiger partial charge in [-0.15, -0.1) is 0 Å². The molecule has 0 radical (unpaired) electrons. The molecular formula is C12H15N5O2. The highest BCUT2D eigenvalue weighted by molar-refractivity contribution is 5.47. The number of nitrogens with one attached hydrogen (secondary N) is 1. The van der Waals surface area contributed by atoms with E-state index in [0.717, 1.165) is 13.0 Å². The van der Waals surface area contributed by atoms with Crippen LogP contribution in [0.15, 0.2) is 16.8 Å². The molecule has 1 aliphatic rings. The van der Waals surface area contributed by atoms with Crippen molar-refractivity contribution in [1.29, 1.82) is 0 Å². The van der Waals surface area contributed by atoms with Gasteiger partial charge in [-0.05, 0) is 32.4 Å². The first-order valence-corrected chi connectivity index (χ1v) is 6.25. The SMILES string of the molecule is Cc1nccc(-c2noc(C3(O)CCCNC3)n2)n1. The summed E-state index contributed by atoms with van der Waals surface area (Å²) in [6, 6.07) is 1.71. The van der Waals surface area contributed by atoms with Gasteiger partial charge >= 0.3 is 0 Å². The maximum Gasteiger partial charge on any atom is 0.260 e. The number of piperidine rings is 1. The van der Waals surface area contributed by atoms with Crippen LogP contribution in [0.25, 0.3) is 11.5 Å². The van der Waals surface area contributed by atoms with Crippen molar-refractivity contribution in [3.63, 3.8) is 0 Å². The van der Waals surface area contributed by atoms with Crippen molar-refractivity contribution in [3.8, 4) is 11.5 Å². The largest absolute Gasteiger partial charge is 0.379 e. The number of β-amino-alcohol motifs (C(OH)–C–C–N with tert-alkyl or cyclic N) is 1. The lowest BCUT2D eigenvalue weighted by molar-refractivity contribution is -0.0167. The van der Waals surface area contributed by atoms with Crippen LogP contribution in [0.3, 0.4) is 0 Å². The highest BCUT2D eigenvalue weighted by atomic mass is 16.5. The third kappa shape index (κ3) is 2.34. The molecule has 0 spiro atoms. The van der Waals surface area contributed by atoms with Crippen LogP contribution < -0.4 is 5.32 Å². The summed E-state index contributed by atoms with van der Waals surface area (Å²) < 4.78 is 5.19. The van der Waals surface area contributed by atoms with Gasteiger partial charge in [0.1, 0.15) is 11.5 Å². The minimum Gasteiger partial charge on any atom is -0.379 e. The van der Waals surface area contributed by atoms with Crippen LogP contribution in [0.1, 0.15) is 24.6 Å². The minimum absolute atomic E-state index is 0.242. The van der Waals surface area contributed by atoms with Gasteiger partial charge in [0.15, 0.2) is 5.60 Å². The van der Waals surface area contributed by atoms with E-state index in [1.807, 2.05) is 0 Å². The zero-order valence-corrected chi connectivity index (χ0v) is 10.6. The molecule has 3 heterocycles. The Morgan fingerprint density at radius 3 is 3.05 bits per heavy atom. The zero-order chi connectivity index (χ0) is 13.3. The van der Waals surface area contributed by atoms with Crippen LogP contribution in [-0.2, 0) is 5.60 Å². The Bertz CT molecular complexity index is 577. The van der Waals surface area contributed by atoms with Gasteiger partial charge in [-0.2, -0.15) is 4.98 Å². The highest BCUT2D eigenvalue weighted by Crippen LogP contribution is 2.28. The molecule has 2 aromatic heterocycles. The maximum absolute atomic E-state index is 10.5. The van der Waals surface area contributed by atoms with E-state index in [1.165, 1.54) is 0 Å². The van der Waals surface area contributed by atoms with Crippen molar-refractivity contribution >= 4 is 0 Å². The summed E-state index contributed by atoms with van der Waals surface area (Å²) in [6.07, 6.45) is 3.13. The summed E-state index contributed by atoms with van der Waals surface area (Å²) >= 11 is 0. The van der Waals surface area contributed by atoms with Gasteiger partial charge < -0.3 is 14.9 Å². The molecule has 2 N–H and O–H groups in total. The molecule has 1 atom stereocenters. The van der Waals surface area contributed by atoms with Crippen molar-refractivity contribution in [3.05, 3.63) is 24.0 Å². The smallest absolute Gasteiger partial charge is 0.260 e. The first-order valence-electron chi connectivity index (χ1n) is 6.25. The van der Waals surface area contributed by atoms with E-state index in [-0.39, 0.29) is 5.89 Å². The Morgan fingerprint density at radius 2 is 2.32 bits per heavy atom. The first kappa shape index (κ1) is 12.2. The van der Waals surface area contributed by atoms with Gasteiger partial charge in [-0.25, -0.2) is 9.97 Å². The second kappa shape index (κ2) is 4.67. The monoisotopic (exact) mass is 261 g/mol. The average molecular weight is 261 g/mol. The van der Waals surface area contributed by atoms with E-state index >= 15 is 0 Å². The number of hydrogen-bond acceptors (Lipinski definition) is 7. The maximum atomic E-state index is 10.5. The molecule has 0 saturated carbocycles. The molecule has 3 rings (SSSR count). The zero-order valence-electron chi connectivity index (χ0n) is 10.6. The fraction of sp³-hybridized carbons (Fsp3) is 0.500. The molecular weight excluding hydrogens is 246 g/mol. The summed E-state index contributed by atoms with van der Waals surface area (Å²) in [6.45, 7) is 3.12. The van der Waals surface area contributed by atoms with Crippen molar-refractivity contribution in [2.24, 2.45) is 0 Å². The van der Waals surface area contributed by atoms with E-state index in [0.29, 0.717) is 30.3 Å². The number of aromatic nitrogens is 4. The van der Waals surface area contributed by atoms with E-state index in [9.17, 15) is 5.11 Å². The Labute approximate surface area is 110 Å². The summed E-state index contributed by atoms with van der Waals surface area (Å²) in [5, 5.41) is 17.5. The third-order valence-corrected chi connectivity index (χ3v) is 3.19. The first-order chi connectivity index (χ1) is 9.17. The summed E-state index contributed by atoms with van der Waals surface area (Å²) in [4.78, 5) is 12.5. The molecule has 1 unspecified atom stereocenters. The third-order valence-electron chi connectivity index (χ3n) is 3.19. The number of rotatable bonds is 2. The van der Waals surface area contributed by atoms with E-state index in [1.54, 1.807) is 19.2 Å². The van der Waals surface area contributed by atoms with E-state index in [4.69, 9.17) is 4.52 Å². The van der Waals surface area contributed by atoms with Crippen molar-refractivity contribution < 1.29 is 9.63 Å². The van der Waals surface area contributed by atoms with Gasteiger partial charge in [0.25, 0.3) is 5.89 Å². The van der Waals surface area contributed by atoms with Gasteiger partial charge in [-0.1, -0.05) is 5.16 Å². The second-order valence-corrected chi connectivity index (χ2v) is 4.72. The molecule has 0 aliphatic carbocycles. The highest BCUT2D eigenvalue weighted by Gasteiger charge is 2.37. The van der Waals surface area contributed by atoms with Crippen LogP contribution in [0.2, 0.25) is 0 Å². The molecule has 1 fully saturated rings. The van der Waals surface area contributed by atoms with Crippen LogP contribution >= 0.6 is 0 Å². The molecule has 0 aromatic carbocycles. The molecule has 100 valence electrons. The van der Waals surface area contributed by atoms with Crippen LogP contribution in [0.5, 0.6) is 0 Å². The molecule has 7 nitrogen and oxygen atoms in total. The van der Waals surface area contributed by atoms with Crippen molar-refractivity contribution in [2.75, 3.05) is 13.1 Å². The quantitative estimate of drug-likeness (QED) is 0.807. The number of aliphatic hydroxyl groups is 1. The lowest BCUT2D eigenvalue weighted by Gasteiger charge is -2.28. The topological polar surface area (TPSA) is 97.0 Å². The molecule has 0 amide bonds. The van der Waals surface area contributed by atoms with Gasteiger partial charge in [0.2, 0.25) is 5.82 Å². The summed E-state index contributed by atoms with van der Waals surface area (Å²) in [5.74, 6) is 1.26. The second-order valence-electron chi connectivity index (χ2n) is 4.72. The molecule has 1 aliphatic heterocycles. The Hall–Kier alpha value is -1.86. The van der Waals surface area contributed by atoms with E-state index < -0.39 is 5.60 Å². The molecule has 19 heavy (non-hydrogen) atoms. The number of aryl methyl sites for hydroxylation is 1. The Kier molecular flexibility index (Phi) is 3.00. The molecule has 1 saturated heterocycles. The number of nitrogens with zero attached hydrogens (tertiary/aromatic N) is 4. The normalized spacial score (nSPS) is 23.5. The lowest BCUT2D eigenvalue weighted by atomic mass is 9.94. The van der Waals surface area contributed by atoms with Crippen LogP contribution in [-0.4, -0.2) is 38.3 Å². The van der Waals surface area contributed by atoms with Gasteiger partial charge in [0, 0.05) is 12.7 Å². The summed E-state index contributed by atoms with van der Waals surface area (Å²) in [7, 11) is 0. The predicted molar refractivity (Wildman–Crippen MR) is 66.1 cm³/mol. The van der Waals surface area contributed by atoms with Crippen molar-refractivity contribution in [2.45, 2.75) is 25.4 Å². The van der Waals surface area contributed by atoms with Gasteiger partial charge in [0.05, 0.1) is 0 Å². The number of hydrogen-bond donors (Lipinski definition) is 2. The van der Waals surface area contributed by atoms with Crippen LogP contribution in [0, 0.1) is 6.92 Å². The van der Waals surface area contributed by atoms with Crippen molar-refractivity contribution in [1.82, 2.24) is 25.4 Å². The average Bonchev–Trinajstić information content (AvgIpc) is 2.90. The standard InChI is InChI=1S/C12H15N5O2/c1-8-14-6-3-9(15-8)10-16-11(19-17-10)12(18)4-2-5-13-7-12/h3,6,13,18H,2,4-5,7H2,1H3. The Morgan fingerprint density at radius 1 is 1.42 bits per heavy atom. The van der Waals surface area contributed by atoms with E-state index in [2.05, 4.69) is 25.4 Å². The summed E-state index contributed by atoms with van der Waals surface area (Å²) in [5.41, 5.74) is -0.485. The fourth-order valence-electron chi connectivity index (χ4n) is 2.17. The fourth-order valence-corrected chi connectivity index (χ4v) is 2.17.